The molecule has 0 aliphatic heterocycles. The number of ketones is 2. The topological polar surface area (TPSA) is 34.1 Å². The minimum Gasteiger partial charge on any atom is -0.299 e. The average Bonchev–Trinajstić information content (AvgIpc) is 2.03. The molecule has 0 saturated heterocycles. The van der Waals surface area contributed by atoms with Crippen molar-refractivity contribution < 1.29 is 9.59 Å². The molecule has 0 amide bonds. The Morgan fingerprint density at radius 3 is 2.46 bits per heavy atom. The molecule has 3 aliphatic rings. The Balaban J connectivity index is 2.38. The van der Waals surface area contributed by atoms with Crippen LogP contribution >= 0.6 is 0 Å². The maximum Gasteiger partial charge on any atom is 0.146 e. The molecule has 13 heavy (non-hydrogen) atoms. The van der Waals surface area contributed by atoms with Crippen molar-refractivity contribution in [2.24, 2.45) is 23.2 Å². The molecule has 3 aliphatic carbocycles. The maximum absolute atomic E-state index is 11.7. The number of hydrogen-bond donors (Lipinski definition) is 0. The highest BCUT2D eigenvalue weighted by Gasteiger charge is 2.53. The van der Waals surface area contributed by atoms with Gasteiger partial charge in [-0.2, -0.15) is 0 Å². The summed E-state index contributed by atoms with van der Waals surface area (Å²) in [7, 11) is 0. The van der Waals surface area contributed by atoms with Gasteiger partial charge in [0.25, 0.3) is 0 Å². The fourth-order valence-corrected chi connectivity index (χ4v) is 3.06. The lowest BCUT2D eigenvalue weighted by Crippen LogP contribution is -2.53. The minimum atomic E-state index is -0.269. The molecule has 2 heteroatoms. The molecule has 2 nitrogen and oxygen atoms in total. The zero-order valence-corrected chi connectivity index (χ0v) is 8.46. The highest BCUT2D eigenvalue weighted by molar-refractivity contribution is 6.06. The van der Waals surface area contributed by atoms with Crippen LogP contribution in [0.1, 0.15) is 33.6 Å². The first-order chi connectivity index (χ1) is 5.93. The number of carbonyl (C=O) groups excluding carboxylic acids is 2. The first-order valence-corrected chi connectivity index (χ1v) is 5.00. The second-order valence-corrected chi connectivity index (χ2v) is 5.21. The van der Waals surface area contributed by atoms with Gasteiger partial charge in [-0.1, -0.05) is 20.8 Å². The third-order valence-electron chi connectivity index (χ3n) is 3.94. The summed E-state index contributed by atoms with van der Waals surface area (Å²) in [5.74, 6) is 0.506. The molecule has 0 unspecified atom stereocenters. The van der Waals surface area contributed by atoms with Gasteiger partial charge in [-0.3, -0.25) is 9.59 Å². The van der Waals surface area contributed by atoms with Gasteiger partial charge in [0.1, 0.15) is 11.6 Å². The van der Waals surface area contributed by atoms with Crippen LogP contribution in [-0.4, -0.2) is 11.6 Å². The molecule has 0 heterocycles. The zero-order chi connectivity index (χ0) is 9.80. The number of hydrogen-bond acceptors (Lipinski definition) is 2. The first kappa shape index (κ1) is 8.92. The third-order valence-corrected chi connectivity index (χ3v) is 3.94. The monoisotopic (exact) mass is 180 g/mol. The van der Waals surface area contributed by atoms with Crippen LogP contribution in [0.2, 0.25) is 0 Å². The van der Waals surface area contributed by atoms with Gasteiger partial charge in [0.05, 0.1) is 5.92 Å². The molecule has 0 aromatic carbocycles. The number of rotatable bonds is 0. The molecular weight excluding hydrogens is 164 g/mol. The van der Waals surface area contributed by atoms with E-state index in [1.165, 1.54) is 0 Å². The average molecular weight is 180 g/mol. The SMILES string of the molecule is C[C@H]1C(=O)[C@H]2CC(C)(C)[C@H]1CC2=O. The second-order valence-electron chi connectivity index (χ2n) is 5.21. The molecule has 3 atom stereocenters. The Kier molecular flexibility index (Phi) is 1.67. The van der Waals surface area contributed by atoms with Crippen molar-refractivity contribution in [3.8, 4) is 0 Å². The highest BCUT2D eigenvalue weighted by atomic mass is 16.2. The summed E-state index contributed by atoms with van der Waals surface area (Å²) in [6, 6.07) is 0. The maximum atomic E-state index is 11.7. The van der Waals surface area contributed by atoms with Crippen molar-refractivity contribution in [2.75, 3.05) is 0 Å². The lowest BCUT2D eigenvalue weighted by molar-refractivity contribution is -0.153. The molecule has 3 rings (SSSR count). The predicted octanol–water partition coefficient (Wildman–Crippen LogP) is 1.83. The predicted molar refractivity (Wildman–Crippen MR) is 49.2 cm³/mol. The summed E-state index contributed by atoms with van der Waals surface area (Å²) >= 11 is 0. The van der Waals surface area contributed by atoms with Crippen LogP contribution in [0, 0.1) is 23.2 Å². The van der Waals surface area contributed by atoms with Crippen molar-refractivity contribution in [3.05, 3.63) is 0 Å². The normalized spacial score (nSPS) is 42.5. The summed E-state index contributed by atoms with van der Waals surface area (Å²) < 4.78 is 0. The van der Waals surface area contributed by atoms with Crippen LogP contribution in [0.4, 0.5) is 0 Å². The van der Waals surface area contributed by atoms with E-state index < -0.39 is 0 Å². The van der Waals surface area contributed by atoms with Gasteiger partial charge in [0.15, 0.2) is 0 Å². The lowest BCUT2D eigenvalue weighted by Gasteiger charge is -2.49. The van der Waals surface area contributed by atoms with Gasteiger partial charge < -0.3 is 0 Å². The van der Waals surface area contributed by atoms with Crippen LogP contribution in [-0.2, 0) is 9.59 Å². The summed E-state index contributed by atoms with van der Waals surface area (Å²) in [5.41, 5.74) is 0.186. The Hall–Kier alpha value is -0.660. The Labute approximate surface area is 78.7 Å². The smallest absolute Gasteiger partial charge is 0.146 e. The summed E-state index contributed by atoms with van der Waals surface area (Å²) in [4.78, 5) is 23.1. The quantitative estimate of drug-likeness (QED) is 0.533. The molecule has 0 spiro atoms. The van der Waals surface area contributed by atoms with Gasteiger partial charge in [-0.05, 0) is 17.8 Å². The van der Waals surface area contributed by atoms with Gasteiger partial charge in [0.2, 0.25) is 0 Å². The van der Waals surface area contributed by atoms with E-state index in [9.17, 15) is 9.59 Å². The van der Waals surface area contributed by atoms with Crippen LogP contribution < -0.4 is 0 Å². The van der Waals surface area contributed by atoms with Crippen molar-refractivity contribution in [1.29, 1.82) is 0 Å². The van der Waals surface area contributed by atoms with E-state index in [1.54, 1.807) is 0 Å². The van der Waals surface area contributed by atoms with Crippen molar-refractivity contribution in [3.63, 3.8) is 0 Å². The molecule has 0 radical (unpaired) electrons. The van der Waals surface area contributed by atoms with Crippen molar-refractivity contribution in [1.82, 2.24) is 0 Å². The van der Waals surface area contributed by atoms with Crippen LogP contribution in [0.5, 0.6) is 0 Å². The molecule has 3 saturated carbocycles. The summed E-state index contributed by atoms with van der Waals surface area (Å²) in [5, 5.41) is 0. The minimum absolute atomic E-state index is 0.103. The highest BCUT2D eigenvalue weighted by Crippen LogP contribution is 2.51. The Bertz CT molecular complexity index is 278. The molecule has 0 aromatic heterocycles. The second kappa shape index (κ2) is 2.43. The summed E-state index contributed by atoms with van der Waals surface area (Å²) in [6.07, 6.45) is 1.41. The Morgan fingerprint density at radius 2 is 1.92 bits per heavy atom. The number of carbonyl (C=O) groups is 2. The number of Topliss-reactive ketones (excluding diaryl/α,β-unsaturated/α-hetero) is 2. The molecule has 72 valence electrons. The van der Waals surface area contributed by atoms with E-state index >= 15 is 0 Å². The standard InChI is InChI=1S/C11H16O2/c1-6-8-4-9(12)7(10(6)13)5-11(8,2)3/h6-8H,4-5H2,1-3H3/t6-,7+,8+/m1/s1. The lowest BCUT2D eigenvalue weighted by atomic mass is 9.53. The molecule has 0 N–H and O–H groups in total. The van der Waals surface area contributed by atoms with E-state index in [2.05, 4.69) is 13.8 Å². The number of fused-ring (bicyclic) bond motifs is 3. The Morgan fingerprint density at radius 1 is 1.31 bits per heavy atom. The molecular formula is C11H16O2. The van der Waals surface area contributed by atoms with Gasteiger partial charge >= 0.3 is 0 Å². The van der Waals surface area contributed by atoms with E-state index in [-0.39, 0.29) is 34.7 Å². The fourth-order valence-electron chi connectivity index (χ4n) is 3.06. The van der Waals surface area contributed by atoms with E-state index in [1.807, 2.05) is 6.92 Å². The van der Waals surface area contributed by atoms with Crippen LogP contribution in [0.3, 0.4) is 0 Å². The van der Waals surface area contributed by atoms with Gasteiger partial charge in [-0.25, -0.2) is 0 Å². The molecule has 2 bridgehead atoms. The summed E-state index contributed by atoms with van der Waals surface area (Å²) in [6.45, 7) is 6.34. The van der Waals surface area contributed by atoms with Gasteiger partial charge in [0, 0.05) is 12.3 Å². The molecule has 3 fully saturated rings. The zero-order valence-electron chi connectivity index (χ0n) is 8.46. The largest absolute Gasteiger partial charge is 0.299 e. The van der Waals surface area contributed by atoms with Crippen LogP contribution in [0.25, 0.3) is 0 Å². The fraction of sp³-hybridized carbons (Fsp3) is 0.818. The van der Waals surface area contributed by atoms with Crippen LogP contribution in [0.15, 0.2) is 0 Å². The van der Waals surface area contributed by atoms with E-state index in [0.717, 1.165) is 6.42 Å². The van der Waals surface area contributed by atoms with Gasteiger partial charge in [-0.15, -0.1) is 0 Å². The van der Waals surface area contributed by atoms with Crippen molar-refractivity contribution in [2.45, 2.75) is 33.6 Å². The third kappa shape index (κ3) is 1.07. The van der Waals surface area contributed by atoms with E-state index in [0.29, 0.717) is 6.42 Å². The molecule has 0 aromatic rings. The van der Waals surface area contributed by atoms with E-state index in [4.69, 9.17) is 0 Å². The first-order valence-electron chi connectivity index (χ1n) is 5.00. The van der Waals surface area contributed by atoms with Crippen molar-refractivity contribution >= 4 is 11.6 Å².